The van der Waals surface area contributed by atoms with Gasteiger partial charge in [0.25, 0.3) is 0 Å². The zero-order valence-electron chi connectivity index (χ0n) is 10.00. The predicted molar refractivity (Wildman–Crippen MR) is 70.0 cm³/mol. The maximum Gasteiger partial charge on any atom is 0.174 e. The van der Waals surface area contributed by atoms with Crippen LogP contribution in [0.15, 0.2) is 36.4 Å². The van der Waals surface area contributed by atoms with Crippen molar-refractivity contribution in [3.05, 3.63) is 64.2 Å². The molecular weight excluding hydrogens is 272 g/mol. The van der Waals surface area contributed by atoms with Gasteiger partial charge in [-0.2, -0.15) is 0 Å². The number of hydrogen-bond donors (Lipinski definition) is 1. The average molecular weight is 284 g/mol. The van der Waals surface area contributed by atoms with E-state index in [1.165, 1.54) is 24.3 Å². The van der Waals surface area contributed by atoms with Gasteiger partial charge in [-0.15, -0.1) is 0 Å². The summed E-state index contributed by atoms with van der Waals surface area (Å²) in [4.78, 5) is 0. The van der Waals surface area contributed by atoms with Gasteiger partial charge in [-0.25, -0.2) is 8.78 Å². The SMILES string of the molecule is NCc1cc(COc2c(F)cccc2Cl)ccc1F. The summed E-state index contributed by atoms with van der Waals surface area (Å²) in [6, 6.07) is 8.75. The van der Waals surface area contributed by atoms with Crippen LogP contribution in [0.1, 0.15) is 11.1 Å². The molecular formula is C14H12ClF2NO. The minimum absolute atomic E-state index is 0.0113. The minimum Gasteiger partial charge on any atom is -0.484 e. The van der Waals surface area contributed by atoms with Crippen molar-refractivity contribution >= 4 is 11.6 Å². The van der Waals surface area contributed by atoms with E-state index < -0.39 is 5.82 Å². The molecule has 0 bridgehead atoms. The molecule has 5 heteroatoms. The van der Waals surface area contributed by atoms with E-state index in [-0.39, 0.29) is 29.7 Å². The van der Waals surface area contributed by atoms with Crippen molar-refractivity contribution in [2.45, 2.75) is 13.2 Å². The lowest BCUT2D eigenvalue weighted by atomic mass is 10.1. The van der Waals surface area contributed by atoms with E-state index in [1.807, 2.05) is 0 Å². The van der Waals surface area contributed by atoms with Gasteiger partial charge in [-0.1, -0.05) is 23.7 Å². The third-order valence-electron chi connectivity index (χ3n) is 2.63. The highest BCUT2D eigenvalue weighted by atomic mass is 35.5. The summed E-state index contributed by atoms with van der Waals surface area (Å²) < 4.78 is 32.1. The fraction of sp³-hybridized carbons (Fsp3) is 0.143. The lowest BCUT2D eigenvalue weighted by molar-refractivity contribution is 0.290. The first-order valence-electron chi connectivity index (χ1n) is 5.66. The molecule has 0 aliphatic carbocycles. The molecule has 0 aliphatic heterocycles. The number of para-hydroxylation sites is 1. The highest BCUT2D eigenvalue weighted by molar-refractivity contribution is 6.32. The molecule has 0 fully saturated rings. The summed E-state index contributed by atoms with van der Waals surface area (Å²) in [5.41, 5.74) is 6.50. The van der Waals surface area contributed by atoms with Gasteiger partial charge < -0.3 is 10.5 Å². The summed E-state index contributed by atoms with van der Waals surface area (Å²) in [5, 5.41) is 0.196. The molecule has 0 spiro atoms. The van der Waals surface area contributed by atoms with Crippen LogP contribution in [0.5, 0.6) is 5.75 Å². The van der Waals surface area contributed by atoms with Crippen molar-refractivity contribution in [2.75, 3.05) is 0 Å². The van der Waals surface area contributed by atoms with Gasteiger partial charge in [-0.05, 0) is 29.8 Å². The molecule has 0 saturated heterocycles. The maximum atomic E-state index is 13.5. The van der Waals surface area contributed by atoms with Crippen LogP contribution in [0.3, 0.4) is 0 Å². The molecule has 0 radical (unpaired) electrons. The largest absolute Gasteiger partial charge is 0.484 e. The molecule has 100 valence electrons. The Bertz CT molecular complexity index is 569. The van der Waals surface area contributed by atoms with E-state index in [4.69, 9.17) is 22.1 Å². The second-order valence-corrected chi connectivity index (χ2v) is 4.38. The van der Waals surface area contributed by atoms with Crippen molar-refractivity contribution in [1.82, 2.24) is 0 Å². The zero-order valence-corrected chi connectivity index (χ0v) is 10.8. The quantitative estimate of drug-likeness (QED) is 0.929. The Hall–Kier alpha value is -1.65. The number of ether oxygens (including phenoxy) is 1. The standard InChI is InChI=1S/C14H12ClF2NO/c15-11-2-1-3-13(17)14(11)19-8-9-4-5-12(16)10(6-9)7-18/h1-6H,7-8,18H2. The van der Waals surface area contributed by atoms with Crippen LogP contribution in [0.25, 0.3) is 0 Å². The first-order valence-corrected chi connectivity index (χ1v) is 6.04. The molecule has 0 aliphatic rings. The number of hydrogen-bond acceptors (Lipinski definition) is 2. The highest BCUT2D eigenvalue weighted by Gasteiger charge is 2.09. The summed E-state index contributed by atoms with van der Waals surface area (Å²) in [5.74, 6) is -0.911. The smallest absolute Gasteiger partial charge is 0.174 e. The topological polar surface area (TPSA) is 35.2 Å². The molecule has 0 amide bonds. The molecule has 0 unspecified atom stereocenters. The van der Waals surface area contributed by atoms with Gasteiger partial charge in [0.05, 0.1) is 5.02 Å². The van der Waals surface area contributed by atoms with Crippen molar-refractivity contribution in [1.29, 1.82) is 0 Å². The van der Waals surface area contributed by atoms with E-state index in [0.29, 0.717) is 11.1 Å². The second kappa shape index (κ2) is 5.99. The summed E-state index contributed by atoms with van der Waals surface area (Å²) in [7, 11) is 0. The van der Waals surface area contributed by atoms with Gasteiger partial charge >= 0.3 is 0 Å². The van der Waals surface area contributed by atoms with Gasteiger partial charge in [0.1, 0.15) is 12.4 Å². The Balaban J connectivity index is 2.15. The van der Waals surface area contributed by atoms with Crippen molar-refractivity contribution < 1.29 is 13.5 Å². The third kappa shape index (κ3) is 3.22. The average Bonchev–Trinajstić information content (AvgIpc) is 2.40. The summed E-state index contributed by atoms with van der Waals surface area (Å²) >= 11 is 5.83. The van der Waals surface area contributed by atoms with Gasteiger partial charge in [-0.3, -0.25) is 0 Å². The lowest BCUT2D eigenvalue weighted by Crippen LogP contribution is -2.03. The summed E-state index contributed by atoms with van der Waals surface area (Å²) in [6.07, 6.45) is 0. The summed E-state index contributed by atoms with van der Waals surface area (Å²) in [6.45, 7) is 0.189. The van der Waals surface area contributed by atoms with Gasteiger partial charge in [0, 0.05) is 12.1 Å². The first kappa shape index (κ1) is 13.8. The Morgan fingerprint density at radius 2 is 1.89 bits per heavy atom. The van der Waals surface area contributed by atoms with Crippen molar-refractivity contribution in [3.8, 4) is 5.75 Å². The normalized spacial score (nSPS) is 10.5. The molecule has 2 aromatic rings. The minimum atomic E-state index is -0.534. The van der Waals surface area contributed by atoms with Gasteiger partial charge in [0.15, 0.2) is 11.6 Å². The Kier molecular flexibility index (Phi) is 4.35. The van der Waals surface area contributed by atoms with E-state index in [1.54, 1.807) is 12.1 Å². The molecule has 0 saturated carbocycles. The Morgan fingerprint density at radius 3 is 2.58 bits per heavy atom. The van der Waals surface area contributed by atoms with Crippen LogP contribution in [-0.4, -0.2) is 0 Å². The van der Waals surface area contributed by atoms with E-state index >= 15 is 0 Å². The monoisotopic (exact) mass is 283 g/mol. The molecule has 19 heavy (non-hydrogen) atoms. The molecule has 0 atom stereocenters. The van der Waals surface area contributed by atoms with Crippen LogP contribution in [-0.2, 0) is 13.2 Å². The van der Waals surface area contributed by atoms with E-state index in [0.717, 1.165) is 0 Å². The van der Waals surface area contributed by atoms with E-state index in [9.17, 15) is 8.78 Å². The second-order valence-electron chi connectivity index (χ2n) is 3.97. The number of nitrogens with two attached hydrogens (primary N) is 1. The molecule has 2 nitrogen and oxygen atoms in total. The fourth-order valence-electron chi connectivity index (χ4n) is 1.65. The molecule has 0 heterocycles. The maximum absolute atomic E-state index is 13.5. The number of halogens is 3. The van der Waals surface area contributed by atoms with E-state index in [2.05, 4.69) is 0 Å². The Morgan fingerprint density at radius 1 is 1.11 bits per heavy atom. The molecule has 2 aromatic carbocycles. The molecule has 0 aromatic heterocycles. The lowest BCUT2D eigenvalue weighted by Gasteiger charge is -2.10. The van der Waals surface area contributed by atoms with Crippen LogP contribution < -0.4 is 10.5 Å². The fourth-order valence-corrected chi connectivity index (χ4v) is 1.87. The van der Waals surface area contributed by atoms with Crippen molar-refractivity contribution in [3.63, 3.8) is 0 Å². The van der Waals surface area contributed by atoms with Crippen LogP contribution in [0, 0.1) is 11.6 Å². The van der Waals surface area contributed by atoms with Crippen LogP contribution in [0.4, 0.5) is 8.78 Å². The molecule has 2 rings (SSSR count). The zero-order chi connectivity index (χ0) is 13.8. The molecule has 2 N–H and O–H groups in total. The van der Waals surface area contributed by atoms with Crippen LogP contribution in [0.2, 0.25) is 5.02 Å². The van der Waals surface area contributed by atoms with Crippen molar-refractivity contribution in [2.24, 2.45) is 5.73 Å². The van der Waals surface area contributed by atoms with Crippen LogP contribution >= 0.6 is 11.6 Å². The Labute approximate surface area is 114 Å². The third-order valence-corrected chi connectivity index (χ3v) is 2.93. The van der Waals surface area contributed by atoms with Gasteiger partial charge in [0.2, 0.25) is 0 Å². The highest BCUT2D eigenvalue weighted by Crippen LogP contribution is 2.28. The predicted octanol–water partition coefficient (Wildman–Crippen LogP) is 3.66. The number of rotatable bonds is 4. The number of benzene rings is 2. The first-order chi connectivity index (χ1) is 9.11.